The Balaban J connectivity index is 1.75. The van der Waals surface area contributed by atoms with Gasteiger partial charge >= 0.3 is 0 Å². The Morgan fingerprint density at radius 1 is 1.45 bits per heavy atom. The zero-order valence-corrected chi connectivity index (χ0v) is 12.0. The van der Waals surface area contributed by atoms with Gasteiger partial charge in [0.2, 0.25) is 5.91 Å². The first-order valence-corrected chi connectivity index (χ1v) is 7.37. The molecule has 0 bridgehead atoms. The average molecular weight is 280 g/mol. The molecular formula is C14H21FN4O. The Kier molecular flexibility index (Phi) is 3.48. The number of hydrogen-bond acceptors (Lipinski definition) is 3. The lowest BCUT2D eigenvalue weighted by Crippen LogP contribution is -2.32. The molecule has 20 heavy (non-hydrogen) atoms. The number of carbonyl (C=O) groups is 1. The van der Waals surface area contributed by atoms with Crippen LogP contribution in [0.5, 0.6) is 0 Å². The maximum absolute atomic E-state index is 13.2. The molecule has 3 rings (SSSR count). The molecule has 0 unspecified atom stereocenters. The van der Waals surface area contributed by atoms with Crippen LogP contribution in [0.2, 0.25) is 0 Å². The number of rotatable bonds is 4. The zero-order chi connectivity index (χ0) is 14.3. The van der Waals surface area contributed by atoms with E-state index >= 15 is 0 Å². The van der Waals surface area contributed by atoms with Gasteiger partial charge in [-0.15, -0.1) is 0 Å². The molecule has 0 radical (unpaired) electrons. The lowest BCUT2D eigenvalue weighted by molar-refractivity contribution is -0.133. The molecule has 1 aromatic rings. The van der Waals surface area contributed by atoms with Gasteiger partial charge in [-0.1, -0.05) is 13.8 Å². The summed E-state index contributed by atoms with van der Waals surface area (Å²) in [6.07, 6.45) is 2.29. The Bertz CT molecular complexity index is 497. The molecule has 2 aliphatic rings. The van der Waals surface area contributed by atoms with Gasteiger partial charge in [-0.3, -0.25) is 14.3 Å². The molecule has 0 spiro atoms. The van der Waals surface area contributed by atoms with Crippen molar-refractivity contribution in [2.24, 2.45) is 11.8 Å². The maximum atomic E-state index is 13.2. The molecular weight excluding hydrogens is 259 g/mol. The number of aromatic amines is 1. The van der Waals surface area contributed by atoms with Crippen LogP contribution in [0, 0.1) is 11.8 Å². The number of amides is 1. The molecule has 2 fully saturated rings. The standard InChI is InChI=1S/C14H21FN4O/c1-8(2)14(20)19-6-10(5-15)11(7-19)13-16-12(17-18-13)9-3-4-9/h8-11H,3-7H2,1-2H3,(H,16,17,18)/t10-,11-/m1/s1. The molecule has 2 heterocycles. The third kappa shape index (κ3) is 2.43. The SMILES string of the molecule is CC(C)C(=O)N1C[C@@H](CF)[C@H](c2nc(C3CC3)n[nH]2)C1. The lowest BCUT2D eigenvalue weighted by atomic mass is 9.97. The second kappa shape index (κ2) is 5.14. The molecule has 1 N–H and O–H groups in total. The summed E-state index contributed by atoms with van der Waals surface area (Å²) >= 11 is 0. The van der Waals surface area contributed by atoms with Crippen LogP contribution in [-0.2, 0) is 4.79 Å². The fourth-order valence-corrected chi connectivity index (χ4v) is 2.86. The molecule has 1 amide bonds. The minimum Gasteiger partial charge on any atom is -0.341 e. The highest BCUT2D eigenvalue weighted by atomic mass is 19.1. The van der Waals surface area contributed by atoms with E-state index in [9.17, 15) is 9.18 Å². The lowest BCUT2D eigenvalue weighted by Gasteiger charge is -2.18. The number of aromatic nitrogens is 3. The van der Waals surface area contributed by atoms with Gasteiger partial charge in [0, 0.05) is 36.8 Å². The molecule has 5 nitrogen and oxygen atoms in total. The minimum atomic E-state index is -0.425. The van der Waals surface area contributed by atoms with Crippen molar-refractivity contribution >= 4 is 5.91 Å². The summed E-state index contributed by atoms with van der Waals surface area (Å²) in [5.41, 5.74) is 0. The number of H-pyrrole nitrogens is 1. The molecule has 0 aromatic carbocycles. The molecule has 1 aliphatic carbocycles. The van der Waals surface area contributed by atoms with Gasteiger partial charge in [-0.05, 0) is 12.8 Å². The summed E-state index contributed by atoms with van der Waals surface area (Å²) in [6.45, 7) is 4.36. The van der Waals surface area contributed by atoms with Gasteiger partial charge in [0.15, 0.2) is 5.82 Å². The van der Waals surface area contributed by atoms with Crippen LogP contribution in [0.1, 0.15) is 50.2 Å². The molecule has 6 heteroatoms. The van der Waals surface area contributed by atoms with Gasteiger partial charge in [0.25, 0.3) is 0 Å². The summed E-state index contributed by atoms with van der Waals surface area (Å²) in [7, 11) is 0. The van der Waals surface area contributed by atoms with Crippen molar-refractivity contribution in [1.29, 1.82) is 0 Å². The molecule has 1 aromatic heterocycles. The number of nitrogens with one attached hydrogen (secondary N) is 1. The van der Waals surface area contributed by atoms with Gasteiger partial charge in [0.05, 0.1) is 6.67 Å². The number of hydrogen-bond donors (Lipinski definition) is 1. The highest BCUT2D eigenvalue weighted by Crippen LogP contribution is 2.39. The van der Waals surface area contributed by atoms with E-state index in [0.29, 0.717) is 19.0 Å². The number of likely N-dealkylation sites (tertiary alicyclic amines) is 1. The van der Waals surface area contributed by atoms with Crippen molar-refractivity contribution in [2.45, 2.75) is 38.5 Å². The van der Waals surface area contributed by atoms with Gasteiger partial charge < -0.3 is 4.90 Å². The van der Waals surface area contributed by atoms with Crippen molar-refractivity contribution in [3.63, 3.8) is 0 Å². The van der Waals surface area contributed by atoms with E-state index in [1.54, 1.807) is 4.90 Å². The van der Waals surface area contributed by atoms with Crippen LogP contribution >= 0.6 is 0 Å². The highest BCUT2D eigenvalue weighted by Gasteiger charge is 2.39. The summed E-state index contributed by atoms with van der Waals surface area (Å²) in [5, 5.41) is 7.19. The Hall–Kier alpha value is -1.46. The van der Waals surface area contributed by atoms with E-state index < -0.39 is 6.67 Å². The van der Waals surface area contributed by atoms with Crippen molar-refractivity contribution in [3.8, 4) is 0 Å². The zero-order valence-electron chi connectivity index (χ0n) is 12.0. The normalized spacial score (nSPS) is 26.5. The summed E-state index contributed by atoms with van der Waals surface area (Å²) < 4.78 is 13.2. The van der Waals surface area contributed by atoms with Crippen molar-refractivity contribution in [3.05, 3.63) is 11.6 Å². The van der Waals surface area contributed by atoms with Crippen LogP contribution in [0.4, 0.5) is 4.39 Å². The van der Waals surface area contributed by atoms with E-state index in [0.717, 1.165) is 24.5 Å². The number of halogens is 1. The predicted molar refractivity (Wildman–Crippen MR) is 72.0 cm³/mol. The van der Waals surface area contributed by atoms with Crippen LogP contribution in [-0.4, -0.2) is 45.8 Å². The smallest absolute Gasteiger partial charge is 0.225 e. The monoisotopic (exact) mass is 280 g/mol. The topological polar surface area (TPSA) is 61.9 Å². The van der Waals surface area contributed by atoms with Crippen molar-refractivity contribution in [1.82, 2.24) is 20.1 Å². The summed E-state index contributed by atoms with van der Waals surface area (Å²) in [6, 6.07) is 0. The fourth-order valence-electron chi connectivity index (χ4n) is 2.86. The quantitative estimate of drug-likeness (QED) is 0.915. The minimum absolute atomic E-state index is 0.0502. The van der Waals surface area contributed by atoms with E-state index in [4.69, 9.17) is 0 Å². The summed E-state index contributed by atoms with van der Waals surface area (Å²) in [4.78, 5) is 18.3. The third-order valence-electron chi connectivity index (χ3n) is 4.26. The predicted octanol–water partition coefficient (Wildman–Crippen LogP) is 1.85. The van der Waals surface area contributed by atoms with Crippen molar-refractivity contribution in [2.75, 3.05) is 19.8 Å². The Labute approximate surface area is 118 Å². The van der Waals surface area contributed by atoms with Crippen LogP contribution in [0.25, 0.3) is 0 Å². The number of nitrogens with zero attached hydrogens (tertiary/aromatic N) is 3. The average Bonchev–Trinajstić information content (AvgIpc) is 3.02. The highest BCUT2D eigenvalue weighted by molar-refractivity contribution is 5.78. The molecule has 1 saturated heterocycles. The summed E-state index contributed by atoms with van der Waals surface area (Å²) in [5.74, 6) is 1.90. The molecule has 1 saturated carbocycles. The number of alkyl halides is 1. The van der Waals surface area contributed by atoms with E-state index in [-0.39, 0.29) is 23.7 Å². The third-order valence-corrected chi connectivity index (χ3v) is 4.26. The van der Waals surface area contributed by atoms with Crippen molar-refractivity contribution < 1.29 is 9.18 Å². The Morgan fingerprint density at radius 3 is 2.80 bits per heavy atom. The first-order chi connectivity index (χ1) is 9.60. The van der Waals surface area contributed by atoms with Crippen LogP contribution in [0.15, 0.2) is 0 Å². The van der Waals surface area contributed by atoms with E-state index in [1.165, 1.54) is 0 Å². The second-order valence-corrected chi connectivity index (χ2v) is 6.27. The molecule has 2 atom stereocenters. The molecule has 110 valence electrons. The maximum Gasteiger partial charge on any atom is 0.225 e. The number of carbonyl (C=O) groups excluding carboxylic acids is 1. The van der Waals surface area contributed by atoms with Crippen LogP contribution < -0.4 is 0 Å². The van der Waals surface area contributed by atoms with Gasteiger partial charge in [0.1, 0.15) is 5.82 Å². The van der Waals surface area contributed by atoms with E-state index in [1.807, 2.05) is 13.8 Å². The van der Waals surface area contributed by atoms with E-state index in [2.05, 4.69) is 15.2 Å². The largest absolute Gasteiger partial charge is 0.341 e. The fraction of sp³-hybridized carbons (Fsp3) is 0.786. The Morgan fingerprint density at radius 2 is 2.20 bits per heavy atom. The molecule has 1 aliphatic heterocycles. The first kappa shape index (κ1) is 13.5. The van der Waals surface area contributed by atoms with Crippen LogP contribution in [0.3, 0.4) is 0 Å². The second-order valence-electron chi connectivity index (χ2n) is 6.27. The first-order valence-electron chi connectivity index (χ1n) is 7.37. The van der Waals surface area contributed by atoms with Gasteiger partial charge in [-0.25, -0.2) is 4.98 Å². The van der Waals surface area contributed by atoms with Gasteiger partial charge in [-0.2, -0.15) is 5.10 Å².